The van der Waals surface area contributed by atoms with Crippen molar-refractivity contribution in [1.29, 1.82) is 0 Å². The first kappa shape index (κ1) is 11.9. The molecule has 1 N–H and O–H groups in total. The molecule has 0 aliphatic heterocycles. The van der Waals surface area contributed by atoms with E-state index in [1.165, 1.54) is 16.8 Å². The van der Waals surface area contributed by atoms with E-state index >= 15 is 0 Å². The average molecular weight is 272 g/mol. The van der Waals surface area contributed by atoms with Crippen molar-refractivity contribution >= 4 is 21.5 Å². The molecular weight excluding hydrogens is 260 g/mol. The second-order valence-corrected chi connectivity index (χ2v) is 5.00. The van der Waals surface area contributed by atoms with Gasteiger partial charge in [0.1, 0.15) is 0 Å². The van der Waals surface area contributed by atoms with Gasteiger partial charge in [-0.25, -0.2) is 0 Å². The summed E-state index contributed by atoms with van der Waals surface area (Å²) in [6, 6.07) is 15.9. The zero-order valence-corrected chi connectivity index (χ0v) is 11.2. The highest BCUT2D eigenvalue weighted by Crippen LogP contribution is 2.27. The Labute approximate surface area is 120 Å². The smallest absolute Gasteiger partial charge is 0.190 e. The van der Waals surface area contributed by atoms with E-state index in [1.807, 2.05) is 24.4 Å². The monoisotopic (exact) mass is 272 g/mol. The van der Waals surface area contributed by atoms with E-state index in [-0.39, 0.29) is 5.43 Å². The Hall–Kier alpha value is -2.94. The molecule has 0 radical (unpaired) electrons. The van der Waals surface area contributed by atoms with Gasteiger partial charge in [-0.3, -0.25) is 9.78 Å². The number of nitrogens with zero attached hydrogens (tertiary/aromatic N) is 1. The highest BCUT2D eigenvalue weighted by Gasteiger charge is 2.07. The maximum absolute atomic E-state index is 12.0. The third-order valence-corrected chi connectivity index (χ3v) is 3.73. The van der Waals surface area contributed by atoms with Crippen molar-refractivity contribution in [2.75, 3.05) is 0 Å². The summed E-state index contributed by atoms with van der Waals surface area (Å²) in [5.41, 5.74) is 1.26. The molecule has 3 nitrogen and oxygen atoms in total. The number of hydrogen-bond donors (Lipinski definition) is 1. The molecule has 21 heavy (non-hydrogen) atoms. The highest BCUT2D eigenvalue weighted by atomic mass is 16.1. The second-order valence-electron chi connectivity index (χ2n) is 5.00. The fraction of sp³-hybridized carbons (Fsp3) is 0. The minimum Gasteiger partial charge on any atom is -0.367 e. The minimum atomic E-state index is -0.0270. The van der Waals surface area contributed by atoms with Crippen LogP contribution in [0.25, 0.3) is 32.8 Å². The maximum Gasteiger partial charge on any atom is 0.190 e. The van der Waals surface area contributed by atoms with Crippen molar-refractivity contribution in [2.24, 2.45) is 0 Å². The Morgan fingerprint density at radius 3 is 2.67 bits per heavy atom. The van der Waals surface area contributed by atoms with Crippen LogP contribution in [0.15, 0.2) is 71.9 Å². The SMILES string of the molecule is O=c1cc[nH]cc1-c1cc2c(ccc3ccccc32)cn1. The van der Waals surface area contributed by atoms with E-state index in [0.29, 0.717) is 11.3 Å². The number of hydrogen-bond acceptors (Lipinski definition) is 2. The van der Waals surface area contributed by atoms with Crippen LogP contribution in [0, 0.1) is 0 Å². The summed E-state index contributed by atoms with van der Waals surface area (Å²) >= 11 is 0. The molecule has 0 fully saturated rings. The van der Waals surface area contributed by atoms with E-state index in [0.717, 1.165) is 10.8 Å². The molecule has 0 spiro atoms. The van der Waals surface area contributed by atoms with E-state index in [9.17, 15) is 4.79 Å². The molecular formula is C18H12N2O. The Morgan fingerprint density at radius 2 is 1.76 bits per heavy atom. The summed E-state index contributed by atoms with van der Waals surface area (Å²) < 4.78 is 0. The first-order valence-corrected chi connectivity index (χ1v) is 6.78. The number of rotatable bonds is 1. The fourth-order valence-electron chi connectivity index (χ4n) is 2.66. The topological polar surface area (TPSA) is 45.8 Å². The third-order valence-electron chi connectivity index (χ3n) is 3.73. The standard InChI is InChI=1S/C18H12N2O/c21-18-7-8-19-11-16(18)17-9-15-13(10-20-17)6-5-12-3-1-2-4-14(12)15/h1-11H,(H,19,21). The predicted molar refractivity (Wildman–Crippen MR) is 85.3 cm³/mol. The zero-order chi connectivity index (χ0) is 14.2. The van der Waals surface area contributed by atoms with Crippen molar-refractivity contribution in [3.8, 4) is 11.3 Å². The van der Waals surface area contributed by atoms with Gasteiger partial charge in [0.25, 0.3) is 0 Å². The Morgan fingerprint density at radius 1 is 0.905 bits per heavy atom. The summed E-state index contributed by atoms with van der Waals surface area (Å²) in [6.07, 6.45) is 5.15. The van der Waals surface area contributed by atoms with Gasteiger partial charge in [-0.05, 0) is 22.2 Å². The molecule has 0 amide bonds. The molecule has 0 aliphatic carbocycles. The Bertz CT molecular complexity index is 1020. The Kier molecular flexibility index (Phi) is 2.57. The van der Waals surface area contributed by atoms with Crippen molar-refractivity contribution in [3.05, 3.63) is 77.3 Å². The van der Waals surface area contributed by atoms with Gasteiger partial charge in [-0.15, -0.1) is 0 Å². The summed E-state index contributed by atoms with van der Waals surface area (Å²) in [5, 5.41) is 4.54. The zero-order valence-electron chi connectivity index (χ0n) is 11.2. The number of nitrogens with one attached hydrogen (secondary N) is 1. The lowest BCUT2D eigenvalue weighted by atomic mass is 10.0. The van der Waals surface area contributed by atoms with Gasteiger partial charge in [0.15, 0.2) is 5.43 Å². The van der Waals surface area contributed by atoms with E-state index in [2.05, 4.69) is 34.2 Å². The summed E-state index contributed by atoms with van der Waals surface area (Å²) in [5.74, 6) is 0. The van der Waals surface area contributed by atoms with Crippen LogP contribution in [0.5, 0.6) is 0 Å². The molecule has 0 atom stereocenters. The minimum absolute atomic E-state index is 0.0270. The lowest BCUT2D eigenvalue weighted by Crippen LogP contribution is -2.03. The number of pyridine rings is 2. The number of H-pyrrole nitrogens is 1. The van der Waals surface area contributed by atoms with Gasteiger partial charge in [-0.2, -0.15) is 0 Å². The van der Waals surface area contributed by atoms with Crippen LogP contribution < -0.4 is 5.43 Å². The molecule has 2 aromatic heterocycles. The summed E-state index contributed by atoms with van der Waals surface area (Å²) in [4.78, 5) is 19.3. The molecule has 2 aromatic carbocycles. The number of aromatic amines is 1. The van der Waals surface area contributed by atoms with E-state index in [4.69, 9.17) is 0 Å². The molecule has 0 unspecified atom stereocenters. The van der Waals surface area contributed by atoms with E-state index < -0.39 is 0 Å². The molecule has 3 heteroatoms. The molecule has 4 aromatic rings. The molecule has 0 saturated carbocycles. The lowest BCUT2D eigenvalue weighted by Gasteiger charge is -2.06. The van der Waals surface area contributed by atoms with Crippen LogP contribution in [0.2, 0.25) is 0 Å². The number of benzene rings is 2. The van der Waals surface area contributed by atoms with Crippen molar-refractivity contribution < 1.29 is 0 Å². The quantitative estimate of drug-likeness (QED) is 0.536. The molecule has 4 rings (SSSR count). The van der Waals surface area contributed by atoms with Gasteiger partial charge in [0.05, 0.1) is 11.3 Å². The largest absolute Gasteiger partial charge is 0.367 e. The number of aromatic nitrogens is 2. The van der Waals surface area contributed by atoms with Crippen molar-refractivity contribution in [1.82, 2.24) is 9.97 Å². The van der Waals surface area contributed by atoms with Gasteiger partial charge >= 0.3 is 0 Å². The van der Waals surface area contributed by atoms with Crippen LogP contribution in [0.3, 0.4) is 0 Å². The van der Waals surface area contributed by atoms with Crippen molar-refractivity contribution in [3.63, 3.8) is 0 Å². The van der Waals surface area contributed by atoms with Gasteiger partial charge in [-0.1, -0.05) is 36.4 Å². The lowest BCUT2D eigenvalue weighted by molar-refractivity contribution is 1.27. The van der Waals surface area contributed by atoms with Crippen LogP contribution >= 0.6 is 0 Å². The summed E-state index contributed by atoms with van der Waals surface area (Å²) in [6.45, 7) is 0. The van der Waals surface area contributed by atoms with Crippen LogP contribution in [-0.2, 0) is 0 Å². The van der Waals surface area contributed by atoms with Gasteiger partial charge in [0, 0.05) is 30.0 Å². The van der Waals surface area contributed by atoms with Gasteiger partial charge in [0.2, 0.25) is 0 Å². The highest BCUT2D eigenvalue weighted by molar-refractivity contribution is 6.08. The van der Waals surface area contributed by atoms with Crippen LogP contribution in [0.4, 0.5) is 0 Å². The molecule has 0 bridgehead atoms. The summed E-state index contributed by atoms with van der Waals surface area (Å²) in [7, 11) is 0. The average Bonchev–Trinajstić information content (AvgIpc) is 2.55. The first-order valence-electron chi connectivity index (χ1n) is 6.78. The second kappa shape index (κ2) is 4.56. The third kappa shape index (κ3) is 1.91. The van der Waals surface area contributed by atoms with Crippen LogP contribution in [0.1, 0.15) is 0 Å². The molecule has 0 saturated heterocycles. The fourth-order valence-corrected chi connectivity index (χ4v) is 2.66. The normalized spacial score (nSPS) is 11.0. The Balaban J connectivity index is 2.07. The predicted octanol–water partition coefficient (Wildman–Crippen LogP) is 3.74. The molecule has 0 aliphatic rings. The van der Waals surface area contributed by atoms with E-state index in [1.54, 1.807) is 12.4 Å². The molecule has 100 valence electrons. The van der Waals surface area contributed by atoms with Crippen LogP contribution in [-0.4, -0.2) is 9.97 Å². The first-order chi connectivity index (χ1) is 10.3. The van der Waals surface area contributed by atoms with Crippen molar-refractivity contribution in [2.45, 2.75) is 0 Å². The number of fused-ring (bicyclic) bond motifs is 3. The maximum atomic E-state index is 12.0. The molecule has 2 heterocycles. The van der Waals surface area contributed by atoms with Gasteiger partial charge < -0.3 is 4.98 Å².